The number of hydrogen-bond donors (Lipinski definition) is 0. The van der Waals surface area contributed by atoms with Gasteiger partial charge in [-0.25, -0.2) is 0 Å². The predicted molar refractivity (Wildman–Crippen MR) is 39.8 cm³/mol. The number of rotatable bonds is 1. The van der Waals surface area contributed by atoms with Crippen molar-refractivity contribution in [3.8, 4) is 0 Å². The molecule has 0 amide bonds. The molecule has 64 valence electrons. The van der Waals surface area contributed by atoms with Gasteiger partial charge in [-0.05, 0) is 6.08 Å². The van der Waals surface area contributed by atoms with Gasteiger partial charge in [0.2, 0.25) is 0 Å². The Morgan fingerprint density at radius 1 is 1.09 bits per heavy atom. The van der Waals surface area contributed by atoms with Crippen molar-refractivity contribution in [3.63, 3.8) is 0 Å². The van der Waals surface area contributed by atoms with Crippen LogP contribution in [0.15, 0.2) is 21.7 Å². The molecule has 0 aliphatic carbocycles. The van der Waals surface area contributed by atoms with Crippen molar-refractivity contribution in [1.82, 2.24) is 0 Å². The first-order chi connectivity index (χ1) is 4.81. The summed E-state index contributed by atoms with van der Waals surface area (Å²) in [6.45, 7) is 0. The molecule has 6 heteroatoms. The molecule has 0 bridgehead atoms. The molecule has 0 aromatic heterocycles. The molecule has 0 saturated carbocycles. The Hall–Kier alpha value is 0.140. The Kier molecular flexibility index (Phi) is 4.29. The number of halogens is 6. The third kappa shape index (κ3) is 8.04. The van der Waals surface area contributed by atoms with Gasteiger partial charge < -0.3 is 0 Å². The minimum atomic E-state index is -4.45. The van der Waals surface area contributed by atoms with Crippen LogP contribution in [0.25, 0.3) is 0 Å². The molecule has 0 aliphatic rings. The van der Waals surface area contributed by atoms with Gasteiger partial charge in [-0.3, -0.25) is 0 Å². The molecular formula is C5H2Cl3F3. The number of allylic oxidation sites excluding steroid dienone is 3. The van der Waals surface area contributed by atoms with Crippen LogP contribution in [0.5, 0.6) is 0 Å². The average Bonchev–Trinajstić information content (AvgIpc) is 1.53. The van der Waals surface area contributed by atoms with E-state index in [9.17, 15) is 13.2 Å². The van der Waals surface area contributed by atoms with Gasteiger partial charge in [0.1, 0.15) is 4.49 Å². The van der Waals surface area contributed by atoms with Crippen molar-refractivity contribution in [2.24, 2.45) is 0 Å². The van der Waals surface area contributed by atoms with E-state index in [0.717, 1.165) is 6.08 Å². The van der Waals surface area contributed by atoms with Gasteiger partial charge in [-0.15, -0.1) is 0 Å². The summed E-state index contributed by atoms with van der Waals surface area (Å²) in [5.74, 6) is 0. The fourth-order valence-electron chi connectivity index (χ4n) is 0.302. The molecule has 0 aliphatic heterocycles. The second-order valence-electron chi connectivity index (χ2n) is 1.50. The lowest BCUT2D eigenvalue weighted by atomic mass is 10.5. The summed E-state index contributed by atoms with van der Waals surface area (Å²) >= 11 is 15.1. The van der Waals surface area contributed by atoms with Crippen LogP contribution in [0.2, 0.25) is 0 Å². The molecule has 0 rings (SSSR count). The molecule has 0 aromatic carbocycles. The molecule has 0 aromatic rings. The van der Waals surface area contributed by atoms with Crippen molar-refractivity contribution in [3.05, 3.63) is 21.7 Å². The second kappa shape index (κ2) is 4.24. The van der Waals surface area contributed by atoms with E-state index in [-0.39, 0.29) is 10.6 Å². The first-order valence-corrected chi connectivity index (χ1v) is 3.42. The van der Waals surface area contributed by atoms with E-state index in [2.05, 4.69) is 0 Å². The molecular weight excluding hydrogens is 223 g/mol. The zero-order valence-electron chi connectivity index (χ0n) is 4.92. The van der Waals surface area contributed by atoms with Crippen LogP contribution in [0, 0.1) is 0 Å². The summed E-state index contributed by atoms with van der Waals surface area (Å²) in [4.78, 5) is 0. The molecule has 0 nitrogen and oxygen atoms in total. The number of hydrogen-bond acceptors (Lipinski definition) is 0. The fourth-order valence-corrected chi connectivity index (χ4v) is 0.882. The highest BCUT2D eigenvalue weighted by Gasteiger charge is 2.23. The Balaban J connectivity index is 4.36. The standard InChI is InChI=1S/C5H2Cl3F3/c6-3(1-4(7)8)2-5(9,10)11/h1-2H. The Morgan fingerprint density at radius 2 is 1.55 bits per heavy atom. The van der Waals surface area contributed by atoms with Crippen LogP contribution in [0.3, 0.4) is 0 Å². The normalized spacial score (nSPS) is 13.1. The monoisotopic (exact) mass is 224 g/mol. The third-order valence-electron chi connectivity index (χ3n) is 0.549. The first-order valence-electron chi connectivity index (χ1n) is 2.29. The van der Waals surface area contributed by atoms with Crippen molar-refractivity contribution in [1.29, 1.82) is 0 Å². The van der Waals surface area contributed by atoms with Gasteiger partial charge >= 0.3 is 6.18 Å². The number of alkyl halides is 3. The zero-order chi connectivity index (χ0) is 9.07. The Morgan fingerprint density at radius 3 is 1.82 bits per heavy atom. The molecule has 0 fully saturated rings. The summed E-state index contributed by atoms with van der Waals surface area (Å²) in [6, 6.07) is 0. The van der Waals surface area contributed by atoms with E-state index in [1.807, 2.05) is 0 Å². The molecule has 0 atom stereocenters. The van der Waals surface area contributed by atoms with Gasteiger partial charge in [-0.1, -0.05) is 34.8 Å². The van der Waals surface area contributed by atoms with Crippen LogP contribution < -0.4 is 0 Å². The second-order valence-corrected chi connectivity index (χ2v) is 2.95. The average molecular weight is 225 g/mol. The summed E-state index contributed by atoms with van der Waals surface area (Å²) in [5.41, 5.74) is 0. The van der Waals surface area contributed by atoms with Gasteiger partial charge in [-0.2, -0.15) is 13.2 Å². The smallest absolute Gasteiger partial charge is 0.167 e. The van der Waals surface area contributed by atoms with E-state index in [1.165, 1.54) is 0 Å². The highest BCUT2D eigenvalue weighted by atomic mass is 35.5. The maximum absolute atomic E-state index is 11.5. The van der Waals surface area contributed by atoms with E-state index in [1.54, 1.807) is 0 Å². The van der Waals surface area contributed by atoms with Gasteiger partial charge in [0.25, 0.3) is 0 Å². The first kappa shape index (κ1) is 11.1. The lowest BCUT2D eigenvalue weighted by molar-refractivity contribution is -0.0800. The quantitative estimate of drug-likeness (QED) is 0.592. The van der Waals surface area contributed by atoms with Gasteiger partial charge in [0, 0.05) is 11.1 Å². The molecule has 11 heavy (non-hydrogen) atoms. The predicted octanol–water partition coefficient (Wildman–Crippen LogP) is 3.99. The van der Waals surface area contributed by atoms with Crippen LogP contribution in [0.4, 0.5) is 13.2 Å². The van der Waals surface area contributed by atoms with Crippen molar-refractivity contribution in [2.45, 2.75) is 6.18 Å². The lowest BCUT2D eigenvalue weighted by Crippen LogP contribution is -2.01. The molecule has 0 radical (unpaired) electrons. The summed E-state index contributed by atoms with van der Waals surface area (Å²) in [6.07, 6.45) is -3.77. The Bertz CT molecular complexity index is 188. The fraction of sp³-hybridized carbons (Fsp3) is 0.200. The van der Waals surface area contributed by atoms with E-state index in [4.69, 9.17) is 34.8 Å². The minimum absolute atomic E-state index is 0.112. The molecule has 0 heterocycles. The highest BCUT2D eigenvalue weighted by Crippen LogP contribution is 2.22. The third-order valence-corrected chi connectivity index (χ3v) is 0.985. The maximum Gasteiger partial charge on any atom is 0.411 e. The van der Waals surface area contributed by atoms with Gasteiger partial charge in [0.05, 0.1) is 0 Å². The topological polar surface area (TPSA) is 0 Å². The minimum Gasteiger partial charge on any atom is -0.167 e. The lowest BCUT2D eigenvalue weighted by Gasteiger charge is -1.97. The Labute approximate surface area is 76.2 Å². The summed E-state index contributed by atoms with van der Waals surface area (Å²) in [5, 5.41) is -0.558. The zero-order valence-corrected chi connectivity index (χ0v) is 7.19. The molecule has 0 N–H and O–H groups in total. The molecule has 0 saturated heterocycles. The highest BCUT2D eigenvalue weighted by molar-refractivity contribution is 6.56. The molecule has 0 unspecified atom stereocenters. The van der Waals surface area contributed by atoms with E-state index in [0.29, 0.717) is 0 Å². The van der Waals surface area contributed by atoms with Crippen LogP contribution >= 0.6 is 34.8 Å². The van der Waals surface area contributed by atoms with Gasteiger partial charge in [0.15, 0.2) is 0 Å². The van der Waals surface area contributed by atoms with Crippen molar-refractivity contribution >= 4 is 34.8 Å². The summed E-state index contributed by atoms with van der Waals surface area (Å²) in [7, 11) is 0. The largest absolute Gasteiger partial charge is 0.411 e. The van der Waals surface area contributed by atoms with E-state index >= 15 is 0 Å². The van der Waals surface area contributed by atoms with Crippen molar-refractivity contribution < 1.29 is 13.2 Å². The maximum atomic E-state index is 11.5. The molecule has 0 spiro atoms. The summed E-state index contributed by atoms with van der Waals surface area (Å²) < 4.78 is 34.1. The van der Waals surface area contributed by atoms with Crippen LogP contribution in [0.1, 0.15) is 0 Å². The van der Waals surface area contributed by atoms with Crippen molar-refractivity contribution in [2.75, 3.05) is 0 Å². The van der Waals surface area contributed by atoms with E-state index < -0.39 is 11.2 Å². The van der Waals surface area contributed by atoms with Crippen LogP contribution in [-0.2, 0) is 0 Å². The van der Waals surface area contributed by atoms with Crippen LogP contribution in [-0.4, -0.2) is 6.18 Å². The SMILES string of the molecule is FC(F)(F)C=C(Cl)C=C(Cl)Cl.